The minimum absolute atomic E-state index is 0.127. The molecule has 112 valence electrons. The van der Waals surface area contributed by atoms with Crippen molar-refractivity contribution in [3.8, 4) is 0 Å². The summed E-state index contributed by atoms with van der Waals surface area (Å²) in [5, 5.41) is 5.12. The molecule has 0 bridgehead atoms. The average molecular weight is 304 g/mol. The van der Waals surface area contributed by atoms with Gasteiger partial charge in [0.25, 0.3) is 5.91 Å². The maximum Gasteiger partial charge on any atom is 0.287 e. The van der Waals surface area contributed by atoms with Crippen molar-refractivity contribution in [2.24, 2.45) is 0 Å². The highest BCUT2D eigenvalue weighted by Gasteiger charge is 2.25. The Bertz CT molecular complexity index is 585. The molecule has 0 saturated carbocycles. The first-order valence-corrected chi connectivity index (χ1v) is 8.23. The lowest BCUT2D eigenvalue weighted by molar-refractivity contribution is 0.0910. The van der Waals surface area contributed by atoms with E-state index in [0.717, 1.165) is 18.7 Å². The lowest BCUT2D eigenvalue weighted by atomic mass is 10.2. The number of furan rings is 1. The summed E-state index contributed by atoms with van der Waals surface area (Å²) in [6.07, 6.45) is 4.04. The fraction of sp³-hybridized carbons (Fsp3) is 0.438. The number of carbonyl (C=O) groups excluding carboxylic acids is 1. The van der Waals surface area contributed by atoms with E-state index >= 15 is 0 Å². The first kappa shape index (κ1) is 14.4. The molecule has 3 rings (SSSR count). The average Bonchev–Trinajstić information content (AvgIpc) is 3.21. The molecule has 0 spiro atoms. The van der Waals surface area contributed by atoms with Gasteiger partial charge in [-0.1, -0.05) is 6.07 Å². The molecule has 3 heterocycles. The zero-order valence-electron chi connectivity index (χ0n) is 12.2. The van der Waals surface area contributed by atoms with E-state index in [4.69, 9.17) is 4.42 Å². The Balaban J connectivity index is 1.67. The zero-order chi connectivity index (χ0) is 14.7. The van der Waals surface area contributed by atoms with Crippen molar-refractivity contribution in [3.05, 3.63) is 46.0 Å². The lowest BCUT2D eigenvalue weighted by Gasteiger charge is -2.26. The van der Waals surface area contributed by atoms with Crippen LogP contribution in [0.2, 0.25) is 0 Å². The first-order valence-electron chi connectivity index (χ1n) is 7.35. The van der Waals surface area contributed by atoms with Gasteiger partial charge < -0.3 is 9.73 Å². The van der Waals surface area contributed by atoms with Crippen molar-refractivity contribution in [3.63, 3.8) is 0 Å². The predicted octanol–water partition coefficient (Wildman–Crippen LogP) is 3.22. The van der Waals surface area contributed by atoms with Gasteiger partial charge in [-0.25, -0.2) is 0 Å². The van der Waals surface area contributed by atoms with Gasteiger partial charge >= 0.3 is 0 Å². The summed E-state index contributed by atoms with van der Waals surface area (Å²) in [6, 6.07) is 6.30. The highest BCUT2D eigenvalue weighted by molar-refractivity contribution is 7.10. The van der Waals surface area contributed by atoms with Crippen LogP contribution in [0.3, 0.4) is 0 Å². The van der Waals surface area contributed by atoms with E-state index in [2.05, 4.69) is 27.7 Å². The molecule has 1 atom stereocenters. The Morgan fingerprint density at radius 1 is 1.43 bits per heavy atom. The van der Waals surface area contributed by atoms with Crippen LogP contribution in [0, 0.1) is 6.92 Å². The molecule has 21 heavy (non-hydrogen) atoms. The minimum Gasteiger partial charge on any atom is -0.459 e. The van der Waals surface area contributed by atoms with Crippen molar-refractivity contribution < 1.29 is 9.21 Å². The third-order valence-corrected chi connectivity index (χ3v) is 4.95. The molecule has 2 aromatic heterocycles. The highest BCUT2D eigenvalue weighted by Crippen LogP contribution is 2.27. The normalized spacial score (nSPS) is 17.0. The predicted molar refractivity (Wildman–Crippen MR) is 83.6 cm³/mol. The Labute approximate surface area is 128 Å². The summed E-state index contributed by atoms with van der Waals surface area (Å²) in [6.45, 7) is 4.73. The number of likely N-dealkylation sites (tertiary alicyclic amines) is 1. The first-order chi connectivity index (χ1) is 10.3. The van der Waals surface area contributed by atoms with E-state index in [1.165, 1.54) is 17.7 Å². The molecule has 2 aromatic rings. The molecule has 0 unspecified atom stereocenters. The van der Waals surface area contributed by atoms with Gasteiger partial charge in [-0.05, 0) is 50.4 Å². The van der Waals surface area contributed by atoms with E-state index in [-0.39, 0.29) is 11.9 Å². The fourth-order valence-corrected chi connectivity index (χ4v) is 3.68. The van der Waals surface area contributed by atoms with E-state index < -0.39 is 0 Å². The number of nitrogens with one attached hydrogen (secondary N) is 1. The Morgan fingerprint density at radius 2 is 2.24 bits per heavy atom. The van der Waals surface area contributed by atoms with Crippen LogP contribution in [-0.2, 0) is 0 Å². The van der Waals surface area contributed by atoms with E-state index in [9.17, 15) is 4.79 Å². The van der Waals surface area contributed by atoms with Crippen molar-refractivity contribution in [2.45, 2.75) is 25.8 Å². The monoisotopic (exact) mass is 304 g/mol. The fourth-order valence-electron chi connectivity index (χ4n) is 2.82. The largest absolute Gasteiger partial charge is 0.459 e. The number of hydrogen-bond acceptors (Lipinski definition) is 4. The van der Waals surface area contributed by atoms with Gasteiger partial charge in [0.1, 0.15) is 0 Å². The Hall–Kier alpha value is -1.59. The molecule has 0 aromatic carbocycles. The van der Waals surface area contributed by atoms with Crippen LogP contribution in [0.25, 0.3) is 0 Å². The summed E-state index contributed by atoms with van der Waals surface area (Å²) < 4.78 is 5.25. The Morgan fingerprint density at radius 3 is 2.86 bits per heavy atom. The molecule has 0 aliphatic carbocycles. The van der Waals surface area contributed by atoms with Crippen LogP contribution in [0.1, 0.15) is 39.9 Å². The maximum atomic E-state index is 12.2. The van der Waals surface area contributed by atoms with Crippen LogP contribution >= 0.6 is 11.3 Å². The number of aryl methyl sites for hydroxylation is 1. The van der Waals surface area contributed by atoms with Crippen LogP contribution in [0.5, 0.6) is 0 Å². The smallest absolute Gasteiger partial charge is 0.287 e. The molecule has 0 radical (unpaired) electrons. The molecule has 1 fully saturated rings. The quantitative estimate of drug-likeness (QED) is 0.922. The Kier molecular flexibility index (Phi) is 4.41. The van der Waals surface area contributed by atoms with Crippen molar-refractivity contribution in [1.82, 2.24) is 10.2 Å². The molecular formula is C16H20N2O2S. The SMILES string of the molecule is Cc1ccoc1C(=O)NC[C@@H](c1cccs1)N1CCCC1. The molecule has 1 aliphatic heterocycles. The number of hydrogen-bond donors (Lipinski definition) is 1. The van der Waals surface area contributed by atoms with E-state index in [0.29, 0.717) is 12.3 Å². The molecule has 5 heteroatoms. The second-order valence-corrected chi connectivity index (χ2v) is 6.40. The summed E-state index contributed by atoms with van der Waals surface area (Å²) in [7, 11) is 0. The summed E-state index contributed by atoms with van der Waals surface area (Å²) >= 11 is 1.75. The summed E-state index contributed by atoms with van der Waals surface area (Å²) in [5.74, 6) is 0.291. The topological polar surface area (TPSA) is 45.5 Å². The van der Waals surface area contributed by atoms with Gasteiger partial charge in [-0.15, -0.1) is 11.3 Å². The van der Waals surface area contributed by atoms with Gasteiger partial charge in [0.15, 0.2) is 5.76 Å². The van der Waals surface area contributed by atoms with Crippen molar-refractivity contribution >= 4 is 17.2 Å². The number of rotatable bonds is 5. The lowest BCUT2D eigenvalue weighted by Crippen LogP contribution is -2.36. The van der Waals surface area contributed by atoms with Gasteiger partial charge in [0.05, 0.1) is 12.3 Å². The van der Waals surface area contributed by atoms with Crippen LogP contribution in [0.4, 0.5) is 0 Å². The van der Waals surface area contributed by atoms with Crippen LogP contribution in [0.15, 0.2) is 34.3 Å². The third-order valence-electron chi connectivity index (χ3n) is 3.98. The number of thiophene rings is 1. The van der Waals surface area contributed by atoms with Crippen molar-refractivity contribution in [1.29, 1.82) is 0 Å². The van der Waals surface area contributed by atoms with Gasteiger partial charge in [-0.3, -0.25) is 9.69 Å². The van der Waals surface area contributed by atoms with Gasteiger partial charge in [0, 0.05) is 17.0 Å². The number of amides is 1. The van der Waals surface area contributed by atoms with Gasteiger partial charge in [-0.2, -0.15) is 0 Å². The molecule has 1 amide bonds. The second kappa shape index (κ2) is 6.45. The zero-order valence-corrected chi connectivity index (χ0v) is 13.0. The number of nitrogens with zero attached hydrogens (tertiary/aromatic N) is 1. The highest BCUT2D eigenvalue weighted by atomic mass is 32.1. The molecule has 1 saturated heterocycles. The van der Waals surface area contributed by atoms with Crippen LogP contribution in [-0.4, -0.2) is 30.4 Å². The summed E-state index contributed by atoms with van der Waals surface area (Å²) in [5.41, 5.74) is 0.876. The number of carbonyl (C=O) groups is 1. The van der Waals surface area contributed by atoms with Crippen molar-refractivity contribution in [2.75, 3.05) is 19.6 Å². The summed E-state index contributed by atoms with van der Waals surface area (Å²) in [4.78, 5) is 16.0. The molecule has 4 nitrogen and oxygen atoms in total. The molecule has 1 N–H and O–H groups in total. The van der Waals surface area contributed by atoms with E-state index in [1.54, 1.807) is 17.6 Å². The standard InChI is InChI=1S/C16H20N2O2S/c1-12-6-9-20-15(12)16(19)17-11-13(14-5-4-10-21-14)18-7-2-3-8-18/h4-6,9-10,13H,2-3,7-8,11H2,1H3,(H,17,19)/t13-/m0/s1. The molecular weight excluding hydrogens is 284 g/mol. The van der Waals surface area contributed by atoms with Gasteiger partial charge in [0.2, 0.25) is 0 Å². The second-order valence-electron chi connectivity index (χ2n) is 5.42. The minimum atomic E-state index is -0.127. The van der Waals surface area contributed by atoms with Crippen LogP contribution < -0.4 is 5.32 Å². The molecule has 1 aliphatic rings. The van der Waals surface area contributed by atoms with E-state index in [1.807, 2.05) is 13.0 Å². The maximum absolute atomic E-state index is 12.2. The third kappa shape index (κ3) is 3.19.